The number of ether oxygens (including phenoxy) is 1. The third kappa shape index (κ3) is 5.59. The molecule has 1 aliphatic carbocycles. The first-order valence-electron chi connectivity index (χ1n) is 7.87. The number of benzene rings is 1. The zero-order valence-electron chi connectivity index (χ0n) is 13.7. The van der Waals surface area contributed by atoms with Crippen LogP contribution >= 0.6 is 0 Å². The average Bonchev–Trinajstić information content (AvgIpc) is 2.52. The van der Waals surface area contributed by atoms with Crippen LogP contribution in [-0.4, -0.2) is 26.7 Å². The van der Waals surface area contributed by atoms with Crippen LogP contribution in [0.2, 0.25) is 0 Å². The normalized spacial score (nSPS) is 17.0. The van der Waals surface area contributed by atoms with Crippen molar-refractivity contribution in [2.75, 3.05) is 6.26 Å². The van der Waals surface area contributed by atoms with Crippen molar-refractivity contribution in [1.82, 2.24) is 0 Å². The van der Waals surface area contributed by atoms with Crippen LogP contribution in [0, 0.1) is 0 Å². The molecule has 25 heavy (non-hydrogen) atoms. The van der Waals surface area contributed by atoms with Crippen molar-refractivity contribution in [3.05, 3.63) is 35.4 Å². The SMILES string of the molecule is CS(=O)(=O)c1ccc(/C=C/C(=O)OC2CCCCC2)cc1C(F)(F)F. The highest BCUT2D eigenvalue weighted by Gasteiger charge is 2.36. The van der Waals surface area contributed by atoms with Gasteiger partial charge in [-0.2, -0.15) is 13.2 Å². The van der Waals surface area contributed by atoms with Gasteiger partial charge in [-0.1, -0.05) is 12.5 Å². The number of carbonyl (C=O) groups is 1. The van der Waals surface area contributed by atoms with E-state index in [0.29, 0.717) is 12.3 Å². The van der Waals surface area contributed by atoms with Crippen LogP contribution in [0.25, 0.3) is 6.08 Å². The molecule has 2 rings (SSSR count). The van der Waals surface area contributed by atoms with Crippen molar-refractivity contribution < 1.29 is 31.1 Å². The first kappa shape index (κ1) is 19.5. The molecule has 0 saturated heterocycles. The Hall–Kier alpha value is -1.83. The lowest BCUT2D eigenvalue weighted by Crippen LogP contribution is -2.19. The molecule has 0 unspecified atom stereocenters. The Morgan fingerprint density at radius 3 is 2.40 bits per heavy atom. The van der Waals surface area contributed by atoms with E-state index in [0.717, 1.165) is 44.2 Å². The molecule has 0 atom stereocenters. The monoisotopic (exact) mass is 376 g/mol. The Kier molecular flexibility index (Phi) is 5.92. The van der Waals surface area contributed by atoms with Gasteiger partial charge in [0.1, 0.15) is 6.10 Å². The molecule has 1 aromatic rings. The van der Waals surface area contributed by atoms with Gasteiger partial charge < -0.3 is 4.74 Å². The number of halogens is 3. The molecule has 4 nitrogen and oxygen atoms in total. The van der Waals surface area contributed by atoms with E-state index in [-0.39, 0.29) is 11.7 Å². The molecule has 0 bridgehead atoms. The fraction of sp³-hybridized carbons (Fsp3) is 0.471. The molecule has 1 saturated carbocycles. The molecule has 0 amide bonds. The summed E-state index contributed by atoms with van der Waals surface area (Å²) >= 11 is 0. The van der Waals surface area contributed by atoms with Crippen LogP contribution in [0.1, 0.15) is 43.2 Å². The lowest BCUT2D eigenvalue weighted by molar-refractivity contribution is -0.144. The van der Waals surface area contributed by atoms with Gasteiger partial charge >= 0.3 is 12.1 Å². The van der Waals surface area contributed by atoms with E-state index >= 15 is 0 Å². The van der Waals surface area contributed by atoms with Gasteiger partial charge in [-0.15, -0.1) is 0 Å². The van der Waals surface area contributed by atoms with Crippen LogP contribution in [-0.2, 0) is 25.5 Å². The predicted molar refractivity (Wildman–Crippen MR) is 86.6 cm³/mol. The van der Waals surface area contributed by atoms with Crippen LogP contribution in [0.15, 0.2) is 29.2 Å². The van der Waals surface area contributed by atoms with E-state index in [1.165, 1.54) is 12.1 Å². The van der Waals surface area contributed by atoms with Gasteiger partial charge in [-0.25, -0.2) is 13.2 Å². The van der Waals surface area contributed by atoms with Crippen LogP contribution in [0.3, 0.4) is 0 Å². The highest BCUT2D eigenvalue weighted by Crippen LogP contribution is 2.35. The van der Waals surface area contributed by atoms with E-state index in [4.69, 9.17) is 4.74 Å². The largest absolute Gasteiger partial charge is 0.459 e. The van der Waals surface area contributed by atoms with Gasteiger partial charge in [0, 0.05) is 12.3 Å². The predicted octanol–water partition coefficient (Wildman–Crippen LogP) is 4.00. The number of alkyl halides is 3. The summed E-state index contributed by atoms with van der Waals surface area (Å²) in [6.45, 7) is 0. The molecule has 0 heterocycles. The lowest BCUT2D eigenvalue weighted by Gasteiger charge is -2.20. The number of hydrogen-bond donors (Lipinski definition) is 0. The molecule has 0 N–H and O–H groups in total. The highest BCUT2D eigenvalue weighted by molar-refractivity contribution is 7.90. The summed E-state index contributed by atoms with van der Waals surface area (Å²) in [4.78, 5) is 11.0. The third-order valence-electron chi connectivity index (χ3n) is 3.96. The number of hydrogen-bond acceptors (Lipinski definition) is 4. The van der Waals surface area contributed by atoms with Gasteiger partial charge in [-0.05, 0) is 49.5 Å². The Bertz CT molecular complexity index is 761. The molecule has 0 spiro atoms. The fourth-order valence-corrected chi connectivity index (χ4v) is 3.64. The lowest BCUT2D eigenvalue weighted by atomic mass is 9.98. The van der Waals surface area contributed by atoms with E-state index in [2.05, 4.69) is 0 Å². The molecular weight excluding hydrogens is 357 g/mol. The van der Waals surface area contributed by atoms with E-state index in [9.17, 15) is 26.4 Å². The zero-order chi connectivity index (χ0) is 18.7. The summed E-state index contributed by atoms with van der Waals surface area (Å²) in [5, 5.41) is 0. The summed E-state index contributed by atoms with van der Waals surface area (Å²) in [5.41, 5.74) is -1.18. The minimum Gasteiger partial charge on any atom is -0.459 e. The minimum atomic E-state index is -4.81. The van der Waals surface area contributed by atoms with Crippen molar-refractivity contribution in [1.29, 1.82) is 0 Å². The molecular formula is C17H19F3O4S. The second-order valence-corrected chi connectivity index (χ2v) is 8.04. The summed E-state index contributed by atoms with van der Waals surface area (Å²) in [6.07, 6.45) is 2.67. The van der Waals surface area contributed by atoms with Crippen molar-refractivity contribution >= 4 is 21.9 Å². The second-order valence-electron chi connectivity index (χ2n) is 6.06. The number of sulfone groups is 1. The maximum Gasteiger partial charge on any atom is 0.417 e. The van der Waals surface area contributed by atoms with Crippen molar-refractivity contribution in [3.8, 4) is 0 Å². The first-order valence-corrected chi connectivity index (χ1v) is 9.76. The van der Waals surface area contributed by atoms with E-state index in [1.54, 1.807) is 0 Å². The average molecular weight is 376 g/mol. The summed E-state index contributed by atoms with van der Waals surface area (Å²) in [7, 11) is -4.02. The standard InChI is InChI=1S/C17H19F3O4S/c1-25(22,23)15-9-7-12(11-14(15)17(18,19)20)8-10-16(21)24-13-5-3-2-4-6-13/h7-11,13H,2-6H2,1H3/b10-8+. The first-order chi connectivity index (χ1) is 11.6. The Morgan fingerprint density at radius 1 is 1.20 bits per heavy atom. The molecule has 1 aromatic carbocycles. The van der Waals surface area contributed by atoms with Gasteiger partial charge in [0.2, 0.25) is 0 Å². The quantitative estimate of drug-likeness (QED) is 0.589. The topological polar surface area (TPSA) is 60.4 Å². The summed E-state index contributed by atoms with van der Waals surface area (Å²) in [5.74, 6) is -0.618. The van der Waals surface area contributed by atoms with Crippen LogP contribution < -0.4 is 0 Å². The molecule has 1 aliphatic rings. The summed E-state index contributed by atoms with van der Waals surface area (Å²) < 4.78 is 67.5. The van der Waals surface area contributed by atoms with Crippen molar-refractivity contribution in [3.63, 3.8) is 0 Å². The maximum atomic E-state index is 13.1. The van der Waals surface area contributed by atoms with Gasteiger partial charge in [-0.3, -0.25) is 0 Å². The van der Waals surface area contributed by atoms with Crippen molar-refractivity contribution in [2.45, 2.75) is 49.3 Å². The van der Waals surface area contributed by atoms with Gasteiger partial charge in [0.15, 0.2) is 9.84 Å². The smallest absolute Gasteiger partial charge is 0.417 e. The molecule has 0 aromatic heterocycles. The Balaban J connectivity index is 2.18. The molecule has 1 fully saturated rings. The Morgan fingerprint density at radius 2 is 1.84 bits per heavy atom. The van der Waals surface area contributed by atoms with Gasteiger partial charge in [0.25, 0.3) is 0 Å². The van der Waals surface area contributed by atoms with Gasteiger partial charge in [0.05, 0.1) is 10.5 Å². The van der Waals surface area contributed by atoms with E-state index in [1.807, 2.05) is 0 Å². The molecule has 0 radical (unpaired) electrons. The second kappa shape index (κ2) is 7.59. The number of esters is 1. The highest BCUT2D eigenvalue weighted by atomic mass is 32.2. The van der Waals surface area contributed by atoms with Crippen LogP contribution in [0.4, 0.5) is 13.2 Å². The number of carbonyl (C=O) groups excluding carboxylic acids is 1. The fourth-order valence-electron chi connectivity index (χ4n) is 2.75. The molecule has 0 aliphatic heterocycles. The maximum absolute atomic E-state index is 13.1. The summed E-state index contributed by atoms with van der Waals surface area (Å²) in [6, 6.07) is 2.82. The minimum absolute atomic E-state index is 0.0697. The van der Waals surface area contributed by atoms with Crippen molar-refractivity contribution in [2.24, 2.45) is 0 Å². The Labute approximate surface area is 144 Å². The van der Waals surface area contributed by atoms with E-state index < -0.39 is 32.4 Å². The zero-order valence-corrected chi connectivity index (χ0v) is 14.5. The van der Waals surface area contributed by atoms with Crippen LogP contribution in [0.5, 0.6) is 0 Å². The third-order valence-corrected chi connectivity index (χ3v) is 5.11. The molecule has 8 heteroatoms. The molecule has 138 valence electrons. The number of rotatable bonds is 4.